The van der Waals surface area contributed by atoms with Gasteiger partial charge in [0.25, 0.3) is 0 Å². The first-order chi connectivity index (χ1) is 4.81. The van der Waals surface area contributed by atoms with Gasteiger partial charge in [-0.2, -0.15) is 0 Å². The van der Waals surface area contributed by atoms with E-state index >= 15 is 0 Å². The lowest BCUT2D eigenvalue weighted by Gasteiger charge is -2.06. The van der Waals surface area contributed by atoms with Crippen molar-refractivity contribution in [3.05, 3.63) is 0 Å². The highest BCUT2D eigenvalue weighted by Crippen LogP contribution is 2.05. The van der Waals surface area contributed by atoms with E-state index < -0.39 is 0 Å². The van der Waals surface area contributed by atoms with Gasteiger partial charge in [-0.15, -0.1) is 0 Å². The van der Waals surface area contributed by atoms with Crippen molar-refractivity contribution in [3.63, 3.8) is 0 Å². The molecule has 1 N–H and O–H groups in total. The number of hydrogen-bond donors (Lipinski definition) is 1. The van der Waals surface area contributed by atoms with E-state index in [0.29, 0.717) is 6.42 Å². The maximum atomic E-state index is 9.99. The van der Waals surface area contributed by atoms with Crippen LogP contribution in [0.2, 0.25) is 0 Å². The highest BCUT2D eigenvalue weighted by molar-refractivity contribution is 4.53. The van der Waals surface area contributed by atoms with Gasteiger partial charge in [-0.25, -0.2) is 5.11 Å². The lowest BCUT2D eigenvalue weighted by atomic mass is 10.1. The zero-order chi connectivity index (χ0) is 7.82. The summed E-state index contributed by atoms with van der Waals surface area (Å²) >= 11 is 0. The van der Waals surface area contributed by atoms with Crippen LogP contribution < -0.4 is 0 Å². The molecule has 0 aromatic heterocycles. The van der Waals surface area contributed by atoms with Crippen LogP contribution in [0.3, 0.4) is 0 Å². The Morgan fingerprint density at radius 2 is 2.00 bits per heavy atom. The van der Waals surface area contributed by atoms with E-state index in [9.17, 15) is 10.2 Å². The molecule has 10 heavy (non-hydrogen) atoms. The third-order valence-corrected chi connectivity index (χ3v) is 1.55. The van der Waals surface area contributed by atoms with Gasteiger partial charge in [-0.3, -0.25) is 0 Å². The molecule has 0 amide bonds. The SMILES string of the molecule is CCCC(O)CCCC[O]. The second-order valence-corrected chi connectivity index (χ2v) is 2.64. The van der Waals surface area contributed by atoms with Crippen molar-refractivity contribution in [1.29, 1.82) is 0 Å². The van der Waals surface area contributed by atoms with Gasteiger partial charge >= 0.3 is 0 Å². The summed E-state index contributed by atoms with van der Waals surface area (Å²) in [5.41, 5.74) is 0. The average Bonchev–Trinajstić information content (AvgIpc) is 1.89. The molecule has 0 fully saturated rings. The number of aliphatic hydroxyl groups excluding tert-OH is 1. The molecule has 2 nitrogen and oxygen atoms in total. The molecule has 1 unspecified atom stereocenters. The summed E-state index contributed by atoms with van der Waals surface area (Å²) in [6, 6.07) is 0. The van der Waals surface area contributed by atoms with Gasteiger partial charge < -0.3 is 5.11 Å². The Kier molecular flexibility index (Phi) is 6.98. The predicted octanol–water partition coefficient (Wildman–Crippen LogP) is 1.75. The summed E-state index contributed by atoms with van der Waals surface area (Å²) in [7, 11) is 0. The maximum Gasteiger partial charge on any atom is 0.0822 e. The minimum absolute atomic E-state index is 0.00115. The Balaban J connectivity index is 2.97. The van der Waals surface area contributed by atoms with E-state index in [1.54, 1.807) is 0 Å². The van der Waals surface area contributed by atoms with E-state index in [0.717, 1.165) is 25.7 Å². The van der Waals surface area contributed by atoms with Crippen LogP contribution in [0.5, 0.6) is 0 Å². The molecule has 1 atom stereocenters. The van der Waals surface area contributed by atoms with Crippen molar-refractivity contribution >= 4 is 0 Å². The molecule has 2 heteroatoms. The molecule has 0 saturated carbocycles. The van der Waals surface area contributed by atoms with Gasteiger partial charge in [0, 0.05) is 0 Å². The average molecular weight is 145 g/mol. The van der Waals surface area contributed by atoms with Gasteiger partial charge in [-0.05, 0) is 25.7 Å². The van der Waals surface area contributed by atoms with Crippen LogP contribution in [0, 0.1) is 0 Å². The van der Waals surface area contributed by atoms with E-state index in [1.165, 1.54) is 0 Å². The molecule has 0 spiro atoms. The summed E-state index contributed by atoms with van der Waals surface area (Å²) in [6.07, 6.45) is 4.12. The Labute approximate surface area is 62.9 Å². The van der Waals surface area contributed by atoms with E-state index in [4.69, 9.17) is 0 Å². The predicted molar refractivity (Wildman–Crippen MR) is 40.3 cm³/mol. The fourth-order valence-corrected chi connectivity index (χ4v) is 0.960. The minimum Gasteiger partial charge on any atom is -0.393 e. The second kappa shape index (κ2) is 7.03. The van der Waals surface area contributed by atoms with E-state index in [1.807, 2.05) is 0 Å². The smallest absolute Gasteiger partial charge is 0.0822 e. The molecular formula is C8H17O2. The number of aliphatic hydroxyl groups is 1. The van der Waals surface area contributed by atoms with Crippen LogP contribution in [0.1, 0.15) is 39.0 Å². The third-order valence-electron chi connectivity index (χ3n) is 1.55. The largest absolute Gasteiger partial charge is 0.393 e. The van der Waals surface area contributed by atoms with Crippen LogP contribution in [0.4, 0.5) is 0 Å². The minimum atomic E-state index is -0.170. The molecule has 1 radical (unpaired) electrons. The second-order valence-electron chi connectivity index (χ2n) is 2.64. The Morgan fingerprint density at radius 3 is 2.50 bits per heavy atom. The first-order valence-corrected chi connectivity index (χ1v) is 4.07. The lowest BCUT2D eigenvalue weighted by Crippen LogP contribution is -2.05. The zero-order valence-corrected chi connectivity index (χ0v) is 6.68. The van der Waals surface area contributed by atoms with Crippen LogP contribution in [-0.4, -0.2) is 17.8 Å². The Hall–Kier alpha value is -0.0800. The van der Waals surface area contributed by atoms with Gasteiger partial charge in [-0.1, -0.05) is 13.3 Å². The molecule has 0 aliphatic carbocycles. The molecule has 0 bridgehead atoms. The summed E-state index contributed by atoms with van der Waals surface area (Å²) in [6.45, 7) is 2.05. The standard InChI is InChI=1S/C8H17O2/c1-2-5-8(10)6-3-4-7-9/h8,10H,2-7H2,1H3. The van der Waals surface area contributed by atoms with Crippen LogP contribution in [0.15, 0.2) is 0 Å². The van der Waals surface area contributed by atoms with Crippen molar-refractivity contribution in [2.75, 3.05) is 6.61 Å². The molecule has 0 aliphatic heterocycles. The van der Waals surface area contributed by atoms with E-state index in [-0.39, 0.29) is 12.7 Å². The number of hydrogen-bond acceptors (Lipinski definition) is 1. The van der Waals surface area contributed by atoms with Crippen molar-refractivity contribution in [2.24, 2.45) is 0 Å². The van der Waals surface area contributed by atoms with Gasteiger partial charge in [0.15, 0.2) is 0 Å². The first-order valence-electron chi connectivity index (χ1n) is 4.07. The Morgan fingerprint density at radius 1 is 1.30 bits per heavy atom. The van der Waals surface area contributed by atoms with Crippen LogP contribution in [-0.2, 0) is 5.11 Å². The van der Waals surface area contributed by atoms with Gasteiger partial charge in [0.2, 0.25) is 0 Å². The summed E-state index contributed by atoms with van der Waals surface area (Å²) in [5, 5.41) is 19.2. The highest BCUT2D eigenvalue weighted by Gasteiger charge is 2.00. The molecule has 0 rings (SSSR count). The van der Waals surface area contributed by atoms with Gasteiger partial charge in [0.1, 0.15) is 0 Å². The molecule has 61 valence electrons. The van der Waals surface area contributed by atoms with E-state index in [2.05, 4.69) is 6.92 Å². The van der Waals surface area contributed by atoms with Crippen molar-refractivity contribution < 1.29 is 10.2 Å². The fraction of sp³-hybridized carbons (Fsp3) is 1.00. The summed E-state index contributed by atoms with van der Waals surface area (Å²) < 4.78 is 0. The summed E-state index contributed by atoms with van der Waals surface area (Å²) in [5.74, 6) is 0. The van der Waals surface area contributed by atoms with Crippen molar-refractivity contribution in [1.82, 2.24) is 0 Å². The van der Waals surface area contributed by atoms with Crippen LogP contribution >= 0.6 is 0 Å². The monoisotopic (exact) mass is 145 g/mol. The normalized spacial score (nSPS) is 13.5. The van der Waals surface area contributed by atoms with Crippen molar-refractivity contribution in [2.45, 2.75) is 45.1 Å². The van der Waals surface area contributed by atoms with Crippen LogP contribution in [0.25, 0.3) is 0 Å². The first kappa shape index (κ1) is 9.92. The molecular weight excluding hydrogens is 128 g/mol. The fourth-order valence-electron chi connectivity index (χ4n) is 0.960. The third kappa shape index (κ3) is 6.05. The number of rotatable bonds is 6. The molecule has 0 aliphatic rings. The lowest BCUT2D eigenvalue weighted by molar-refractivity contribution is 0.139. The molecule has 0 aromatic rings. The van der Waals surface area contributed by atoms with Gasteiger partial charge in [0.05, 0.1) is 12.7 Å². The zero-order valence-electron chi connectivity index (χ0n) is 6.68. The summed E-state index contributed by atoms with van der Waals surface area (Å²) in [4.78, 5) is 0. The molecule has 0 aromatic carbocycles. The molecule has 0 saturated heterocycles. The topological polar surface area (TPSA) is 40.1 Å². The molecule has 0 heterocycles. The maximum absolute atomic E-state index is 9.99. The Bertz CT molecular complexity index is 64.3. The quantitative estimate of drug-likeness (QED) is 0.568. The number of unbranched alkanes of at least 4 members (excludes halogenated alkanes) is 1. The highest BCUT2D eigenvalue weighted by atomic mass is 16.3. The van der Waals surface area contributed by atoms with Crippen molar-refractivity contribution in [3.8, 4) is 0 Å².